The number of carbonyl (C=O) groups is 2. The van der Waals surface area contributed by atoms with Gasteiger partial charge in [0.25, 0.3) is 5.79 Å². The standard InChI is InChI=1S/C8H10O4/c1-4-5-6(9)11-8(2,3)12-7(5)10/h4H,1-3H3. The lowest BCUT2D eigenvalue weighted by Crippen LogP contribution is -2.41. The van der Waals surface area contributed by atoms with Crippen molar-refractivity contribution in [2.45, 2.75) is 26.6 Å². The Labute approximate surface area is 70.1 Å². The Morgan fingerprint density at radius 2 is 1.58 bits per heavy atom. The summed E-state index contributed by atoms with van der Waals surface area (Å²) in [4.78, 5) is 22.1. The number of cyclic esters (lactones) is 2. The molecule has 1 aliphatic heterocycles. The van der Waals surface area contributed by atoms with Gasteiger partial charge in [-0.3, -0.25) is 0 Å². The summed E-state index contributed by atoms with van der Waals surface area (Å²) in [6.45, 7) is 4.60. The number of hydrogen-bond donors (Lipinski definition) is 0. The van der Waals surface area contributed by atoms with E-state index in [9.17, 15) is 9.59 Å². The summed E-state index contributed by atoms with van der Waals surface area (Å²) >= 11 is 0. The zero-order valence-corrected chi connectivity index (χ0v) is 7.21. The summed E-state index contributed by atoms with van der Waals surface area (Å²) in [7, 11) is 0. The zero-order valence-electron chi connectivity index (χ0n) is 7.21. The van der Waals surface area contributed by atoms with Gasteiger partial charge in [0.15, 0.2) is 0 Å². The van der Waals surface area contributed by atoms with E-state index in [1.54, 1.807) is 6.92 Å². The second-order valence-corrected chi connectivity index (χ2v) is 2.88. The Morgan fingerprint density at radius 3 is 1.92 bits per heavy atom. The van der Waals surface area contributed by atoms with Crippen LogP contribution in [0.1, 0.15) is 20.8 Å². The van der Waals surface area contributed by atoms with Crippen LogP contribution in [0.5, 0.6) is 0 Å². The Kier molecular flexibility index (Phi) is 1.92. The highest BCUT2D eigenvalue weighted by molar-refractivity contribution is 6.15. The van der Waals surface area contributed by atoms with Gasteiger partial charge < -0.3 is 9.47 Å². The molecule has 0 amide bonds. The Hall–Kier alpha value is -1.32. The smallest absolute Gasteiger partial charge is 0.348 e. The van der Waals surface area contributed by atoms with Gasteiger partial charge >= 0.3 is 11.9 Å². The summed E-state index contributed by atoms with van der Waals surface area (Å²) in [6.07, 6.45) is 1.37. The summed E-state index contributed by atoms with van der Waals surface area (Å²) in [5, 5.41) is 0. The van der Waals surface area contributed by atoms with E-state index in [4.69, 9.17) is 9.47 Å². The van der Waals surface area contributed by atoms with Crippen LogP contribution in [0.25, 0.3) is 0 Å². The van der Waals surface area contributed by atoms with E-state index in [0.29, 0.717) is 0 Å². The van der Waals surface area contributed by atoms with Crippen LogP contribution in [0, 0.1) is 0 Å². The molecule has 0 radical (unpaired) electrons. The fourth-order valence-electron chi connectivity index (χ4n) is 0.896. The molecular formula is C8H10O4. The lowest BCUT2D eigenvalue weighted by atomic mass is 10.2. The van der Waals surface area contributed by atoms with Gasteiger partial charge in [-0.1, -0.05) is 6.08 Å². The molecule has 0 aromatic carbocycles. The van der Waals surface area contributed by atoms with Gasteiger partial charge in [0, 0.05) is 13.8 Å². The van der Waals surface area contributed by atoms with Crippen molar-refractivity contribution in [2.75, 3.05) is 0 Å². The highest BCUT2D eigenvalue weighted by Crippen LogP contribution is 2.21. The number of esters is 2. The summed E-state index contributed by atoms with van der Waals surface area (Å²) in [5.74, 6) is -2.39. The van der Waals surface area contributed by atoms with Crippen molar-refractivity contribution in [3.8, 4) is 0 Å². The summed E-state index contributed by atoms with van der Waals surface area (Å²) in [5.41, 5.74) is -0.0469. The van der Waals surface area contributed by atoms with Gasteiger partial charge in [0.05, 0.1) is 0 Å². The fraction of sp³-hybridized carbons (Fsp3) is 0.500. The van der Waals surface area contributed by atoms with Crippen LogP contribution in [0.3, 0.4) is 0 Å². The molecule has 1 rings (SSSR count). The molecule has 66 valence electrons. The van der Waals surface area contributed by atoms with Crippen LogP contribution in [0.2, 0.25) is 0 Å². The molecule has 0 aromatic rings. The van der Waals surface area contributed by atoms with E-state index in [0.717, 1.165) is 0 Å². The number of allylic oxidation sites excluding steroid dienone is 1. The number of carbonyl (C=O) groups excluding carboxylic acids is 2. The molecule has 4 nitrogen and oxygen atoms in total. The van der Waals surface area contributed by atoms with Crippen molar-refractivity contribution in [3.05, 3.63) is 11.6 Å². The molecule has 0 saturated carbocycles. The van der Waals surface area contributed by atoms with Gasteiger partial charge in [-0.15, -0.1) is 0 Å². The number of rotatable bonds is 0. The van der Waals surface area contributed by atoms with E-state index in [1.807, 2.05) is 0 Å². The Morgan fingerprint density at radius 1 is 1.17 bits per heavy atom. The molecule has 0 atom stereocenters. The van der Waals surface area contributed by atoms with E-state index < -0.39 is 17.7 Å². The minimum absolute atomic E-state index is 0.0469. The van der Waals surface area contributed by atoms with Crippen molar-refractivity contribution >= 4 is 11.9 Å². The molecule has 4 heteroatoms. The second-order valence-electron chi connectivity index (χ2n) is 2.88. The molecule has 1 aliphatic rings. The molecule has 0 spiro atoms. The highest BCUT2D eigenvalue weighted by atomic mass is 16.7. The lowest BCUT2D eigenvalue weighted by molar-refractivity contribution is -0.222. The van der Waals surface area contributed by atoms with E-state index in [2.05, 4.69) is 0 Å². The average molecular weight is 170 g/mol. The summed E-state index contributed by atoms with van der Waals surface area (Å²) in [6, 6.07) is 0. The van der Waals surface area contributed by atoms with E-state index in [1.165, 1.54) is 19.9 Å². The Balaban J connectivity index is 2.93. The monoisotopic (exact) mass is 170 g/mol. The maximum atomic E-state index is 11.1. The van der Waals surface area contributed by atoms with Gasteiger partial charge in [0.2, 0.25) is 0 Å². The first kappa shape index (κ1) is 8.77. The predicted molar refractivity (Wildman–Crippen MR) is 40.0 cm³/mol. The van der Waals surface area contributed by atoms with Crippen LogP contribution in [0.15, 0.2) is 11.6 Å². The molecular weight excluding hydrogens is 160 g/mol. The molecule has 12 heavy (non-hydrogen) atoms. The van der Waals surface area contributed by atoms with Gasteiger partial charge in [-0.2, -0.15) is 0 Å². The SMILES string of the molecule is CC=C1C(=O)OC(C)(C)OC1=O. The average Bonchev–Trinajstić information content (AvgIpc) is 1.82. The minimum Gasteiger partial charge on any atom is -0.419 e. The first-order valence-corrected chi connectivity index (χ1v) is 3.59. The van der Waals surface area contributed by atoms with Gasteiger partial charge in [-0.25, -0.2) is 9.59 Å². The van der Waals surface area contributed by atoms with Crippen molar-refractivity contribution in [3.63, 3.8) is 0 Å². The number of hydrogen-bond acceptors (Lipinski definition) is 4. The van der Waals surface area contributed by atoms with Gasteiger partial charge in [-0.05, 0) is 6.92 Å². The second kappa shape index (κ2) is 2.62. The lowest BCUT2D eigenvalue weighted by Gasteiger charge is -2.29. The summed E-state index contributed by atoms with van der Waals surface area (Å²) < 4.78 is 9.59. The van der Waals surface area contributed by atoms with Gasteiger partial charge in [0.1, 0.15) is 5.57 Å². The zero-order chi connectivity index (χ0) is 9.35. The maximum Gasteiger partial charge on any atom is 0.348 e. The molecule has 0 N–H and O–H groups in total. The molecule has 0 aliphatic carbocycles. The topological polar surface area (TPSA) is 52.6 Å². The molecule has 0 unspecified atom stereocenters. The van der Waals surface area contributed by atoms with Crippen LogP contribution in [0.4, 0.5) is 0 Å². The van der Waals surface area contributed by atoms with Crippen LogP contribution < -0.4 is 0 Å². The molecule has 0 bridgehead atoms. The van der Waals surface area contributed by atoms with Crippen molar-refractivity contribution in [1.29, 1.82) is 0 Å². The molecule has 1 saturated heterocycles. The predicted octanol–water partition coefficient (Wildman–Crippen LogP) is 0.769. The highest BCUT2D eigenvalue weighted by Gasteiger charge is 2.38. The molecule has 1 fully saturated rings. The fourth-order valence-corrected chi connectivity index (χ4v) is 0.896. The number of ether oxygens (including phenoxy) is 2. The van der Waals surface area contributed by atoms with Crippen molar-refractivity contribution in [1.82, 2.24) is 0 Å². The van der Waals surface area contributed by atoms with E-state index in [-0.39, 0.29) is 5.57 Å². The van der Waals surface area contributed by atoms with E-state index >= 15 is 0 Å². The van der Waals surface area contributed by atoms with Crippen LogP contribution in [-0.4, -0.2) is 17.7 Å². The molecule has 1 heterocycles. The maximum absolute atomic E-state index is 11.1. The minimum atomic E-state index is -1.14. The first-order chi connectivity index (χ1) is 5.46. The normalized spacial score (nSPS) is 21.4. The van der Waals surface area contributed by atoms with Crippen molar-refractivity contribution in [2.24, 2.45) is 0 Å². The third kappa shape index (κ3) is 1.47. The third-order valence-corrected chi connectivity index (χ3v) is 1.41. The van der Waals surface area contributed by atoms with Crippen molar-refractivity contribution < 1.29 is 19.1 Å². The van der Waals surface area contributed by atoms with Crippen LogP contribution in [-0.2, 0) is 19.1 Å². The largest absolute Gasteiger partial charge is 0.419 e. The first-order valence-electron chi connectivity index (χ1n) is 3.59. The quantitative estimate of drug-likeness (QED) is 0.306. The Bertz CT molecular complexity index is 240. The third-order valence-electron chi connectivity index (χ3n) is 1.41. The van der Waals surface area contributed by atoms with Crippen LogP contribution >= 0.6 is 0 Å². The molecule has 0 aromatic heterocycles.